The molecule has 4 nitrogen and oxygen atoms in total. The molecule has 1 unspecified atom stereocenters. The molecule has 1 rings (SSSR count). The molecule has 1 heterocycles. The minimum atomic E-state index is -4.60. The molecule has 17 heavy (non-hydrogen) atoms. The van der Waals surface area contributed by atoms with Crippen LogP contribution in [0.2, 0.25) is 0 Å². The summed E-state index contributed by atoms with van der Waals surface area (Å²) in [5.74, 6) is -6.70. The Kier molecular flexibility index (Phi) is 5.33. The predicted octanol–water partition coefficient (Wildman–Crippen LogP) is 7.61. The summed E-state index contributed by atoms with van der Waals surface area (Å²) >= 11 is 28.1. The molecule has 1 aliphatic heterocycles. The van der Waals surface area contributed by atoms with E-state index in [1.54, 1.807) is 0 Å². The van der Waals surface area contributed by atoms with Gasteiger partial charge in [0.05, 0.1) is 0 Å². The van der Waals surface area contributed by atoms with Gasteiger partial charge in [0.1, 0.15) is 0 Å². The van der Waals surface area contributed by atoms with Crippen LogP contribution in [0.25, 0.3) is 0 Å². The monoisotopic (exact) mass is 409 g/mol. The van der Waals surface area contributed by atoms with E-state index >= 15 is 0 Å². The maximum absolute atomic E-state index is 12.0. The third-order valence-electron chi connectivity index (χ3n) is 1.04. The smallest absolute Gasteiger partial charge is 0.306 e. The summed E-state index contributed by atoms with van der Waals surface area (Å²) in [7, 11) is 0. The van der Waals surface area contributed by atoms with Crippen molar-refractivity contribution in [3.63, 3.8) is 0 Å². The topological polar surface area (TPSA) is 46.3 Å². The Balaban J connectivity index is 3.10. The van der Waals surface area contributed by atoms with Gasteiger partial charge in [0.15, 0.2) is 6.61 Å². The molecule has 0 saturated carbocycles. The fourth-order valence-corrected chi connectivity index (χ4v) is 17.2. The SMILES string of the molecule is FC(F)(F)COP1(Cl)=NP(Cl)(Cl)=NP(Cl)(Cl)=N1. The van der Waals surface area contributed by atoms with E-state index in [2.05, 4.69) is 18.1 Å². The third kappa shape index (κ3) is 6.25. The Morgan fingerprint density at radius 2 is 1.35 bits per heavy atom. The highest BCUT2D eigenvalue weighted by molar-refractivity contribution is 8.22. The zero-order valence-corrected chi connectivity index (χ0v) is 13.8. The molecular formula is C2H2Cl5F3N3OP3. The van der Waals surface area contributed by atoms with Crippen LogP contribution >= 0.6 is 74.8 Å². The van der Waals surface area contributed by atoms with Crippen molar-refractivity contribution in [1.29, 1.82) is 0 Å². The van der Waals surface area contributed by atoms with Gasteiger partial charge in [-0.15, -0.1) is 0 Å². The van der Waals surface area contributed by atoms with Gasteiger partial charge in [-0.1, -0.05) is 0 Å². The van der Waals surface area contributed by atoms with E-state index in [4.69, 9.17) is 56.2 Å². The van der Waals surface area contributed by atoms with Gasteiger partial charge >= 0.3 is 6.18 Å². The minimum Gasteiger partial charge on any atom is -0.306 e. The fraction of sp³-hybridized carbons (Fsp3) is 1.00. The van der Waals surface area contributed by atoms with E-state index in [1.807, 2.05) is 0 Å². The van der Waals surface area contributed by atoms with Crippen molar-refractivity contribution in [3.05, 3.63) is 0 Å². The summed E-state index contributed by atoms with van der Waals surface area (Å²) < 4.78 is 50.8. The molecule has 0 amide bonds. The first-order valence-electron chi connectivity index (χ1n) is 3.44. The van der Waals surface area contributed by atoms with Crippen molar-refractivity contribution < 1.29 is 17.7 Å². The molecule has 0 aromatic carbocycles. The lowest BCUT2D eigenvalue weighted by atomic mass is 10.7. The summed E-state index contributed by atoms with van der Waals surface area (Å²) in [4.78, 5) is 0. The number of alkyl halides is 3. The predicted molar refractivity (Wildman–Crippen MR) is 69.3 cm³/mol. The summed E-state index contributed by atoms with van der Waals surface area (Å²) in [5.41, 5.74) is 0. The van der Waals surface area contributed by atoms with Crippen LogP contribution in [0, 0.1) is 0 Å². The van der Waals surface area contributed by atoms with Gasteiger partial charge < -0.3 is 4.52 Å². The molecule has 0 saturated heterocycles. The summed E-state index contributed by atoms with van der Waals surface area (Å²) in [6.45, 7) is -5.38. The van der Waals surface area contributed by atoms with E-state index in [0.717, 1.165) is 0 Å². The number of hydrogen-bond acceptors (Lipinski definition) is 4. The number of halogens is 8. The van der Waals surface area contributed by atoms with Crippen molar-refractivity contribution in [2.45, 2.75) is 6.18 Å². The van der Waals surface area contributed by atoms with Crippen LogP contribution < -0.4 is 0 Å². The molecule has 0 bridgehead atoms. The Bertz CT molecular complexity index is 469. The normalized spacial score (nSPS) is 31.1. The summed E-state index contributed by atoms with van der Waals surface area (Å²) in [6.07, 6.45) is -4.60. The van der Waals surface area contributed by atoms with Crippen LogP contribution in [0.4, 0.5) is 13.2 Å². The van der Waals surface area contributed by atoms with Gasteiger partial charge in [-0.2, -0.15) is 26.7 Å². The van der Waals surface area contributed by atoms with Gasteiger partial charge in [-0.25, -0.2) is 0 Å². The second kappa shape index (κ2) is 5.35. The van der Waals surface area contributed by atoms with Crippen molar-refractivity contribution in [1.82, 2.24) is 0 Å². The Morgan fingerprint density at radius 3 is 1.76 bits per heavy atom. The van der Waals surface area contributed by atoms with Crippen LogP contribution in [0.5, 0.6) is 0 Å². The van der Waals surface area contributed by atoms with E-state index < -0.39 is 31.4 Å². The third-order valence-corrected chi connectivity index (χ3v) is 13.1. The largest absolute Gasteiger partial charge is 0.412 e. The van der Waals surface area contributed by atoms with Crippen molar-refractivity contribution >= 4 is 74.8 Å². The fourth-order valence-electron chi connectivity index (χ4n) is 0.656. The maximum Gasteiger partial charge on any atom is 0.412 e. The zero-order valence-electron chi connectivity index (χ0n) is 7.32. The number of nitrogens with zero attached hydrogens (tertiary/aromatic N) is 3. The zero-order chi connectivity index (χ0) is 13.5. The minimum absolute atomic E-state index is 1.65. The Hall–Kier alpha value is 1.89. The number of rotatable bonds is 2. The molecule has 1 aliphatic rings. The van der Waals surface area contributed by atoms with Crippen molar-refractivity contribution in [3.8, 4) is 0 Å². The number of hydrogen-bond donors (Lipinski definition) is 0. The van der Waals surface area contributed by atoms with E-state index in [9.17, 15) is 13.2 Å². The molecule has 0 aromatic heterocycles. The molecule has 0 radical (unpaired) electrons. The van der Waals surface area contributed by atoms with Gasteiger partial charge in [0, 0.05) is 0 Å². The molecule has 0 fully saturated rings. The van der Waals surface area contributed by atoms with E-state index in [0.29, 0.717) is 0 Å². The van der Waals surface area contributed by atoms with Crippen LogP contribution in [0.15, 0.2) is 13.5 Å². The van der Waals surface area contributed by atoms with Gasteiger partial charge in [-0.3, -0.25) is 0 Å². The van der Waals surface area contributed by atoms with Crippen molar-refractivity contribution in [2.24, 2.45) is 13.5 Å². The van der Waals surface area contributed by atoms with Crippen LogP contribution in [-0.2, 0) is 4.52 Å². The highest BCUT2D eigenvalue weighted by Crippen LogP contribution is 2.86. The molecule has 0 aromatic rings. The van der Waals surface area contributed by atoms with Gasteiger partial charge in [-0.05, 0) is 56.2 Å². The quantitative estimate of drug-likeness (QED) is 0.431. The van der Waals surface area contributed by atoms with Crippen LogP contribution in [0.1, 0.15) is 0 Å². The standard InChI is InChI=1S/C2H2Cl5F3N3OP3/c3-15(4)11-16(5,6)13-17(7,12-15)14-1-2(8,9)10/h1H2. The average Bonchev–Trinajstić information content (AvgIpc) is 1.92. The van der Waals surface area contributed by atoms with Crippen LogP contribution in [-0.4, -0.2) is 12.8 Å². The second-order valence-corrected chi connectivity index (χ2v) is 15.7. The first kappa shape index (κ1) is 16.9. The second-order valence-electron chi connectivity index (χ2n) is 2.54. The maximum atomic E-state index is 12.0. The van der Waals surface area contributed by atoms with Gasteiger partial charge in [0.2, 0.25) is 0 Å². The molecule has 15 heteroatoms. The Morgan fingerprint density at radius 1 is 0.882 bits per heavy atom. The lowest BCUT2D eigenvalue weighted by Crippen LogP contribution is -2.14. The van der Waals surface area contributed by atoms with Crippen LogP contribution in [0.3, 0.4) is 0 Å². The average molecular weight is 411 g/mol. The molecular weight excluding hydrogens is 409 g/mol. The molecule has 0 aliphatic carbocycles. The molecule has 1 atom stereocenters. The van der Waals surface area contributed by atoms with E-state index in [-0.39, 0.29) is 0 Å². The first-order chi connectivity index (χ1) is 7.33. The molecule has 0 spiro atoms. The highest BCUT2D eigenvalue weighted by atomic mass is 35.9. The van der Waals surface area contributed by atoms with Crippen molar-refractivity contribution in [2.75, 3.05) is 6.61 Å². The highest BCUT2D eigenvalue weighted by Gasteiger charge is 2.37. The lowest BCUT2D eigenvalue weighted by Gasteiger charge is -2.21. The molecule has 102 valence electrons. The van der Waals surface area contributed by atoms with Gasteiger partial charge in [0.25, 0.3) is 18.6 Å². The first-order valence-corrected chi connectivity index (χ1v) is 13.0. The Labute approximate surface area is 118 Å². The lowest BCUT2D eigenvalue weighted by molar-refractivity contribution is -0.152. The molecule has 0 N–H and O–H groups in total. The van der Waals surface area contributed by atoms with E-state index in [1.165, 1.54) is 0 Å². The summed E-state index contributed by atoms with van der Waals surface area (Å²) in [6, 6.07) is 0. The summed E-state index contributed by atoms with van der Waals surface area (Å²) in [5, 5.41) is 0.